The minimum Gasteiger partial charge on any atom is -0.394 e. The van der Waals surface area contributed by atoms with Crippen LogP contribution in [-0.2, 0) is 75.7 Å². The first kappa shape index (κ1) is 62.9. The molecule has 7 aromatic rings. The van der Waals surface area contributed by atoms with Crippen molar-refractivity contribution < 1.29 is 94.2 Å². The van der Waals surface area contributed by atoms with Crippen molar-refractivity contribution in [2.24, 2.45) is 5.92 Å². The molecule has 40 nitrogen and oxygen atoms in total. The Kier molecular flexibility index (Phi) is 18.1. The topological polar surface area (TPSA) is 564 Å². The van der Waals surface area contributed by atoms with Crippen LogP contribution in [0.4, 0.5) is 23.5 Å². The molecule has 15 N–H and O–H groups in total. The van der Waals surface area contributed by atoms with Crippen molar-refractivity contribution in [2.75, 3.05) is 77.3 Å². The van der Waals surface area contributed by atoms with Gasteiger partial charge in [0.25, 0.3) is 11.1 Å². The number of aliphatic hydroxyl groups excluding tert-OH is 2. The quantitative estimate of drug-likeness (QED) is 0.0274. The molecule has 0 bridgehead atoms. The van der Waals surface area contributed by atoms with Gasteiger partial charge in [-0.25, -0.2) is 48.6 Å². The highest BCUT2D eigenvalue weighted by Gasteiger charge is 2.54. The maximum Gasteiger partial charge on any atom is 0.472 e. The fourth-order valence-corrected chi connectivity index (χ4v) is 13.5. The van der Waals surface area contributed by atoms with Gasteiger partial charge in [0.2, 0.25) is 11.9 Å². The maximum atomic E-state index is 14.1. The monoisotopic (exact) mass is 1300 g/mol. The normalized spacial score (nSPS) is 27.9. The van der Waals surface area contributed by atoms with Crippen molar-refractivity contribution in [2.45, 2.75) is 92.9 Å². The number of nitrogens with two attached hydrogens (primary N) is 4. The lowest BCUT2D eigenvalue weighted by Crippen LogP contribution is -2.38. The van der Waals surface area contributed by atoms with Gasteiger partial charge in [0, 0.05) is 32.8 Å². The van der Waals surface area contributed by atoms with Crippen LogP contribution in [0.2, 0.25) is 0 Å². The number of methoxy groups -OCH3 is 3. The highest BCUT2D eigenvalue weighted by atomic mass is 31.2. The molecular weight excluding hydrogens is 1240 g/mol. The minimum absolute atomic E-state index is 0.0256. The summed E-state index contributed by atoms with van der Waals surface area (Å²) in [5.74, 6) is -1.29. The van der Waals surface area contributed by atoms with E-state index in [-0.39, 0.29) is 69.9 Å². The minimum atomic E-state index is -5.35. The summed E-state index contributed by atoms with van der Waals surface area (Å²) in [6.45, 7) is -3.94. The number of phosphoric acid groups is 3. The molecule has 10 heterocycles. The van der Waals surface area contributed by atoms with E-state index in [1.165, 1.54) is 60.3 Å². The molecule has 3 aliphatic heterocycles. The number of fused-ring (bicyclic) bond motifs is 4. The first-order chi connectivity index (χ1) is 42.0. The first-order valence-electron chi connectivity index (χ1n) is 26.4. The van der Waals surface area contributed by atoms with E-state index in [4.69, 9.17) is 78.5 Å². The lowest BCUT2D eigenvalue weighted by Gasteiger charge is -2.26. The summed E-state index contributed by atoms with van der Waals surface area (Å²) in [7, 11) is -12.1. The van der Waals surface area contributed by atoms with Crippen LogP contribution in [-0.4, -0.2) is 203 Å². The van der Waals surface area contributed by atoms with E-state index in [1.54, 1.807) is 0 Å². The lowest BCUT2D eigenvalue weighted by atomic mass is 10.00. The molecule has 3 saturated heterocycles. The molecule has 88 heavy (non-hydrogen) atoms. The second-order valence-corrected chi connectivity index (χ2v) is 24.5. The predicted octanol–water partition coefficient (Wildman–Crippen LogP) is -1.52. The third-order valence-electron chi connectivity index (χ3n) is 14.9. The van der Waals surface area contributed by atoms with Crippen molar-refractivity contribution in [3.8, 4) is 0 Å². The number of aromatic nitrogens is 14. The summed E-state index contributed by atoms with van der Waals surface area (Å²) in [5, 5.41) is 21.7. The third kappa shape index (κ3) is 12.6. The summed E-state index contributed by atoms with van der Waals surface area (Å²) in [4.78, 5) is 101. The third-order valence-corrected chi connectivity index (χ3v) is 17.8. The molecule has 0 amide bonds. The standard InChI is InChI=1S/C45H59N18O22P3/c1-74-31-28(65)22(82-41(31)61-15-54-25-35(47)52-14-53-36(25)61)11-80-88(72,73)85-30-23(83-43(33(30)76-3)63-17-56-27-38(63)58-45(49)60-40(27)67)12-79-86(68,69)77-9-18(4-5-19-6-7-20-24(19)50-13-51-34(20)46)10-78-87(70,71)84-29-21(8-64)81-42(32(29)75-2)62-16-55-26-37(62)57-44(48)59-39(26)66/h6,13-18,21-23,28-33,41-43,64-65H,4-5,7-12H2,1-3H3,(H,68,69)(H,70,71)(H,72,73)(H2,46,50,51)(H2,47,52,53)(H3,48,57,59,66)(H3,49,58,60,67)/t18?,21-,22-,23-,28?,29?,30?,31+,32+,33+,41-,42-,43-/m1/s1. The molecule has 0 spiro atoms. The molecule has 7 aromatic heterocycles. The molecule has 0 aromatic carbocycles. The van der Waals surface area contributed by atoms with Gasteiger partial charge in [-0.05, 0) is 24.8 Å². The number of rotatable bonds is 26. The number of hydrogen-bond donors (Lipinski definition) is 11. The van der Waals surface area contributed by atoms with Crippen LogP contribution >= 0.6 is 23.5 Å². The number of aromatic amines is 2. The van der Waals surface area contributed by atoms with Gasteiger partial charge in [0.15, 0.2) is 52.5 Å². The first-order valence-corrected chi connectivity index (χ1v) is 30.9. The van der Waals surface area contributed by atoms with Gasteiger partial charge in [0.1, 0.15) is 78.9 Å². The van der Waals surface area contributed by atoms with Gasteiger partial charge in [-0.1, -0.05) is 6.08 Å². The molecule has 0 radical (unpaired) electrons. The van der Waals surface area contributed by atoms with Gasteiger partial charge in [-0.15, -0.1) is 0 Å². The van der Waals surface area contributed by atoms with E-state index in [9.17, 15) is 48.2 Å². The van der Waals surface area contributed by atoms with Crippen LogP contribution < -0.4 is 34.1 Å². The van der Waals surface area contributed by atoms with Crippen LogP contribution in [0.15, 0.2) is 47.3 Å². The molecule has 476 valence electrons. The van der Waals surface area contributed by atoms with Crippen molar-refractivity contribution >= 4 is 86.1 Å². The van der Waals surface area contributed by atoms with E-state index in [0.29, 0.717) is 23.3 Å². The van der Waals surface area contributed by atoms with Gasteiger partial charge < -0.3 is 76.2 Å². The summed E-state index contributed by atoms with van der Waals surface area (Å²) in [5.41, 5.74) is 24.2. The van der Waals surface area contributed by atoms with E-state index in [1.807, 2.05) is 6.08 Å². The van der Waals surface area contributed by atoms with Crippen LogP contribution in [0.5, 0.6) is 0 Å². The summed E-state index contributed by atoms with van der Waals surface area (Å²) >= 11 is 0. The largest absolute Gasteiger partial charge is 0.472 e. The molecular formula is C45H59N18O22P3. The lowest BCUT2D eigenvalue weighted by molar-refractivity contribution is -0.0626. The smallest absolute Gasteiger partial charge is 0.394 e. The van der Waals surface area contributed by atoms with Gasteiger partial charge >= 0.3 is 23.5 Å². The molecule has 11 rings (SSSR count). The second kappa shape index (κ2) is 25.3. The number of nitrogens with one attached hydrogen (secondary N) is 2. The van der Waals surface area contributed by atoms with Crippen molar-refractivity contribution in [3.63, 3.8) is 0 Å². The number of allylic oxidation sites excluding steroid dienone is 2. The van der Waals surface area contributed by atoms with Crippen LogP contribution in [0, 0.1) is 5.92 Å². The van der Waals surface area contributed by atoms with Crippen molar-refractivity contribution in [1.29, 1.82) is 0 Å². The summed E-state index contributed by atoms with van der Waals surface area (Å²) in [6, 6.07) is 0. The Balaban J connectivity index is 0.796. The Bertz CT molecular complexity index is 4020. The molecule has 3 fully saturated rings. The van der Waals surface area contributed by atoms with E-state index < -0.39 is 147 Å². The molecule has 16 atom stereocenters. The van der Waals surface area contributed by atoms with E-state index in [2.05, 4.69) is 54.8 Å². The number of nitrogens with zero attached hydrogens (tertiary/aromatic N) is 12. The Morgan fingerprint density at radius 2 is 1.10 bits per heavy atom. The Hall–Kier alpha value is -6.72. The van der Waals surface area contributed by atoms with Gasteiger partial charge in [0.05, 0.1) is 57.7 Å². The number of ether oxygens (including phenoxy) is 6. The van der Waals surface area contributed by atoms with E-state index in [0.717, 1.165) is 6.33 Å². The average molecular weight is 1300 g/mol. The molecule has 43 heteroatoms. The second-order valence-electron chi connectivity index (χ2n) is 20.3. The highest BCUT2D eigenvalue weighted by Crippen LogP contribution is 2.53. The van der Waals surface area contributed by atoms with Crippen LogP contribution in [0.25, 0.3) is 39.1 Å². The summed E-state index contributed by atoms with van der Waals surface area (Å²) < 4.78 is 114. The predicted molar refractivity (Wildman–Crippen MR) is 296 cm³/mol. The number of anilines is 4. The molecule has 1 aliphatic carbocycles. The maximum absolute atomic E-state index is 14.1. The average Bonchev–Trinajstić information content (AvgIpc) is 2.51. The number of imidazole rings is 3. The number of aliphatic hydroxyl groups is 2. The number of H-pyrrole nitrogens is 2. The Morgan fingerprint density at radius 1 is 0.614 bits per heavy atom. The number of nitrogen functional groups attached to an aromatic ring is 4. The fourth-order valence-electron chi connectivity index (χ4n) is 10.7. The van der Waals surface area contributed by atoms with E-state index >= 15 is 0 Å². The number of phosphoric ester groups is 3. The van der Waals surface area contributed by atoms with Crippen LogP contribution in [0.3, 0.4) is 0 Å². The zero-order valence-electron chi connectivity index (χ0n) is 46.3. The van der Waals surface area contributed by atoms with Crippen molar-refractivity contribution in [3.05, 3.63) is 69.7 Å². The van der Waals surface area contributed by atoms with Crippen LogP contribution in [0.1, 0.15) is 42.8 Å². The molecule has 7 unspecified atom stereocenters. The SMILES string of the molecule is CO[C@H]1C(O)[C@@H](COP(=O)(O)OC2[C@@H](COP(=O)(O)OCC(CCC3=CCc4c(N)ncnc43)COP(=O)(O)OC3[C@@H](CO)O[C@@H](n4cnc5c(=O)[nH]c(N)nc54)[C@H]3OC)O[C@@H](n3cnc4c(=O)[nH]c(N)nc43)[C@H]2OC)O[C@H]1n1cnc2c(N)ncnc21. The Morgan fingerprint density at radius 3 is 1.70 bits per heavy atom. The van der Waals surface area contributed by atoms with Crippen molar-refractivity contribution in [1.82, 2.24) is 68.5 Å². The Labute approximate surface area is 493 Å². The summed E-state index contributed by atoms with van der Waals surface area (Å²) in [6.07, 6.45) is -8.18. The zero-order valence-corrected chi connectivity index (χ0v) is 49.0. The molecule has 4 aliphatic rings. The van der Waals surface area contributed by atoms with Gasteiger partial charge in [-0.2, -0.15) is 9.97 Å². The fraction of sp³-hybridized carbons (Fsp3) is 0.533. The highest BCUT2D eigenvalue weighted by molar-refractivity contribution is 7.48. The zero-order chi connectivity index (χ0) is 62.6. The number of hydrogen-bond acceptors (Lipinski definition) is 32. The molecule has 0 saturated carbocycles. The van der Waals surface area contributed by atoms with Gasteiger partial charge in [-0.3, -0.25) is 60.4 Å².